The number of hydrogen-bond donors (Lipinski definition) is 0. The van der Waals surface area contributed by atoms with Crippen LogP contribution in [0.3, 0.4) is 0 Å². The predicted molar refractivity (Wildman–Crippen MR) is 108 cm³/mol. The Morgan fingerprint density at radius 2 is 1.52 bits per heavy atom. The summed E-state index contributed by atoms with van der Waals surface area (Å²) in [4.78, 5) is 13.4. The molecule has 0 saturated heterocycles. The van der Waals surface area contributed by atoms with Crippen molar-refractivity contribution in [2.75, 3.05) is 14.2 Å². The Kier molecular flexibility index (Phi) is 5.31. The molecule has 0 N–H and O–H groups in total. The van der Waals surface area contributed by atoms with Crippen molar-refractivity contribution in [2.45, 2.75) is 20.8 Å². The van der Waals surface area contributed by atoms with Crippen LogP contribution in [0.1, 0.15) is 32.6 Å². The Morgan fingerprint density at radius 1 is 0.889 bits per heavy atom. The Balaban J connectivity index is 2.22. The summed E-state index contributed by atoms with van der Waals surface area (Å²) in [6.07, 6.45) is 0. The van der Waals surface area contributed by atoms with Crippen LogP contribution in [-0.2, 0) is 0 Å². The number of rotatable bonds is 5. The fourth-order valence-corrected chi connectivity index (χ4v) is 3.56. The molecule has 137 valence electrons. The van der Waals surface area contributed by atoms with E-state index in [1.165, 1.54) is 5.56 Å². The van der Waals surface area contributed by atoms with Crippen LogP contribution < -0.4 is 9.47 Å². The average Bonchev–Trinajstić information content (AvgIpc) is 2.66. The van der Waals surface area contributed by atoms with Gasteiger partial charge in [0.2, 0.25) is 0 Å². The first kappa shape index (κ1) is 18.7. The van der Waals surface area contributed by atoms with E-state index in [1.54, 1.807) is 44.6 Å². The lowest BCUT2D eigenvalue weighted by Gasteiger charge is -2.17. The van der Waals surface area contributed by atoms with E-state index >= 15 is 0 Å². The molecule has 3 aromatic rings. The van der Waals surface area contributed by atoms with Crippen LogP contribution in [0.2, 0.25) is 0 Å². The maximum Gasteiger partial charge on any atom is 0.197 e. The molecule has 0 saturated carbocycles. The normalized spacial score (nSPS) is 10.6. The minimum Gasteiger partial charge on any atom is -0.497 e. The van der Waals surface area contributed by atoms with E-state index in [-0.39, 0.29) is 5.78 Å². The van der Waals surface area contributed by atoms with Crippen LogP contribution in [0.4, 0.5) is 0 Å². The molecule has 0 spiro atoms. The number of carbonyl (C=O) groups is 1. The number of hydrogen-bond acceptors (Lipinski definition) is 3. The fourth-order valence-electron chi connectivity index (χ4n) is 3.56. The van der Waals surface area contributed by atoms with Crippen LogP contribution in [0.25, 0.3) is 11.1 Å². The number of carbonyl (C=O) groups excluding carboxylic acids is 1. The number of benzene rings is 3. The predicted octanol–water partition coefficient (Wildman–Crippen LogP) is 5.33. The Labute approximate surface area is 160 Å². The Hall–Kier alpha value is -3.07. The van der Waals surface area contributed by atoms with Gasteiger partial charge >= 0.3 is 0 Å². The second kappa shape index (κ2) is 7.67. The first-order chi connectivity index (χ1) is 13.0. The number of aryl methyl sites for hydroxylation is 3. The monoisotopic (exact) mass is 359 g/mol. The summed E-state index contributed by atoms with van der Waals surface area (Å²) in [6.45, 7) is 6.21. The molecule has 3 heteroatoms. The maximum absolute atomic E-state index is 13.4. The summed E-state index contributed by atoms with van der Waals surface area (Å²) in [5, 5.41) is 0. The zero-order chi connectivity index (χ0) is 19.6. The van der Waals surface area contributed by atoms with Gasteiger partial charge < -0.3 is 9.47 Å². The van der Waals surface area contributed by atoms with Crippen LogP contribution in [0, 0.1) is 26.8 Å². The molecule has 0 amide bonds. The number of methoxy groups -OCH3 is 2. The van der Waals surface area contributed by atoms with Gasteiger partial charge in [0, 0.05) is 5.56 Å². The second-order valence-corrected chi connectivity index (χ2v) is 6.64. The second-order valence-electron chi connectivity index (χ2n) is 6.64. The topological polar surface area (TPSA) is 35.5 Å². The molecule has 0 unspecified atom stereocenters. The van der Waals surface area contributed by atoms with E-state index in [4.69, 9.17) is 9.47 Å². The summed E-state index contributed by atoms with van der Waals surface area (Å²) in [5.41, 5.74) is 6.47. The SMILES string of the molecule is COc1ccc(C(=O)c2c(OC)c[c]cc2-c2c(C)cc(C)cc2C)cc1. The zero-order valence-electron chi connectivity index (χ0n) is 16.3. The minimum atomic E-state index is -0.0853. The summed E-state index contributed by atoms with van der Waals surface area (Å²) >= 11 is 0. The first-order valence-corrected chi connectivity index (χ1v) is 8.81. The third-order valence-electron chi connectivity index (χ3n) is 4.70. The van der Waals surface area contributed by atoms with Crippen molar-refractivity contribution in [3.8, 4) is 22.6 Å². The quantitative estimate of drug-likeness (QED) is 0.578. The van der Waals surface area contributed by atoms with E-state index in [9.17, 15) is 4.79 Å². The highest BCUT2D eigenvalue weighted by Gasteiger charge is 2.22. The zero-order valence-corrected chi connectivity index (χ0v) is 16.3. The van der Waals surface area contributed by atoms with E-state index in [1.807, 2.05) is 6.07 Å². The molecular weight excluding hydrogens is 336 g/mol. The molecule has 0 aliphatic heterocycles. The van der Waals surface area contributed by atoms with Gasteiger partial charge in [-0.15, -0.1) is 0 Å². The maximum atomic E-state index is 13.4. The van der Waals surface area contributed by atoms with E-state index in [2.05, 4.69) is 39.0 Å². The summed E-state index contributed by atoms with van der Waals surface area (Å²) < 4.78 is 10.7. The minimum absolute atomic E-state index is 0.0853. The smallest absolute Gasteiger partial charge is 0.197 e. The molecule has 0 heterocycles. The Morgan fingerprint density at radius 3 is 2.07 bits per heavy atom. The third kappa shape index (κ3) is 3.59. The molecule has 0 bridgehead atoms. The highest BCUT2D eigenvalue weighted by Crippen LogP contribution is 2.36. The van der Waals surface area contributed by atoms with Gasteiger partial charge in [-0.25, -0.2) is 0 Å². The molecular formula is C24H23O3. The van der Waals surface area contributed by atoms with Crippen molar-refractivity contribution >= 4 is 5.78 Å². The lowest BCUT2D eigenvalue weighted by atomic mass is 9.88. The van der Waals surface area contributed by atoms with Gasteiger partial charge in [-0.1, -0.05) is 17.7 Å². The highest BCUT2D eigenvalue weighted by atomic mass is 16.5. The molecule has 0 atom stereocenters. The first-order valence-electron chi connectivity index (χ1n) is 8.81. The molecule has 0 aliphatic rings. The summed E-state index contributed by atoms with van der Waals surface area (Å²) in [5.74, 6) is 1.15. The molecule has 0 aromatic heterocycles. The van der Waals surface area contributed by atoms with Gasteiger partial charge in [-0.2, -0.15) is 0 Å². The molecule has 3 rings (SSSR count). The van der Waals surface area contributed by atoms with Crippen LogP contribution >= 0.6 is 0 Å². The fraction of sp³-hybridized carbons (Fsp3) is 0.208. The number of ether oxygens (including phenoxy) is 2. The van der Waals surface area contributed by atoms with Crippen LogP contribution in [-0.4, -0.2) is 20.0 Å². The standard InChI is InChI=1S/C24H23O3/c1-15-13-16(2)22(17(3)14-15)20-7-6-8-21(27-5)23(20)24(25)18-9-11-19(26-4)12-10-18/h7-14H,1-5H3. The van der Waals surface area contributed by atoms with Crippen molar-refractivity contribution < 1.29 is 14.3 Å². The van der Waals surface area contributed by atoms with E-state index < -0.39 is 0 Å². The van der Waals surface area contributed by atoms with Gasteiger partial charge in [0.05, 0.1) is 19.8 Å². The third-order valence-corrected chi connectivity index (χ3v) is 4.70. The van der Waals surface area contributed by atoms with Crippen LogP contribution in [0.15, 0.2) is 48.5 Å². The number of ketones is 1. The van der Waals surface area contributed by atoms with E-state index in [0.29, 0.717) is 22.6 Å². The molecule has 27 heavy (non-hydrogen) atoms. The van der Waals surface area contributed by atoms with Gasteiger partial charge in [0.1, 0.15) is 11.5 Å². The van der Waals surface area contributed by atoms with Crippen molar-refractivity contribution in [1.82, 2.24) is 0 Å². The lowest BCUT2D eigenvalue weighted by Crippen LogP contribution is -2.07. The molecule has 0 aliphatic carbocycles. The van der Waals surface area contributed by atoms with Crippen molar-refractivity contribution in [3.05, 3.63) is 82.4 Å². The molecule has 1 radical (unpaired) electrons. The molecule has 3 nitrogen and oxygen atoms in total. The molecule has 0 fully saturated rings. The molecule has 3 aromatic carbocycles. The van der Waals surface area contributed by atoms with Gasteiger partial charge in [0.15, 0.2) is 5.78 Å². The van der Waals surface area contributed by atoms with Crippen molar-refractivity contribution in [3.63, 3.8) is 0 Å². The van der Waals surface area contributed by atoms with E-state index in [0.717, 1.165) is 22.3 Å². The summed E-state index contributed by atoms with van der Waals surface area (Å²) in [7, 11) is 3.18. The highest BCUT2D eigenvalue weighted by molar-refractivity contribution is 6.15. The van der Waals surface area contributed by atoms with Crippen LogP contribution in [0.5, 0.6) is 11.5 Å². The average molecular weight is 359 g/mol. The lowest BCUT2D eigenvalue weighted by molar-refractivity contribution is 0.103. The van der Waals surface area contributed by atoms with Crippen molar-refractivity contribution in [2.24, 2.45) is 0 Å². The largest absolute Gasteiger partial charge is 0.497 e. The van der Waals surface area contributed by atoms with Crippen molar-refractivity contribution in [1.29, 1.82) is 0 Å². The van der Waals surface area contributed by atoms with Gasteiger partial charge in [0.25, 0.3) is 0 Å². The van der Waals surface area contributed by atoms with Gasteiger partial charge in [-0.3, -0.25) is 4.79 Å². The Bertz CT molecular complexity index is 962. The van der Waals surface area contributed by atoms with Gasteiger partial charge in [-0.05, 0) is 85.5 Å². The summed E-state index contributed by atoms with van der Waals surface area (Å²) in [6, 6.07) is 18.1.